The number of benzene rings is 2. The Morgan fingerprint density at radius 1 is 1.17 bits per heavy atom. The maximum absolute atomic E-state index is 12.9. The van der Waals surface area contributed by atoms with E-state index < -0.39 is 5.91 Å². The van der Waals surface area contributed by atoms with Gasteiger partial charge in [0.05, 0.1) is 22.3 Å². The summed E-state index contributed by atoms with van der Waals surface area (Å²) >= 11 is 1.45. The van der Waals surface area contributed by atoms with Crippen LogP contribution in [0.5, 0.6) is 0 Å². The van der Waals surface area contributed by atoms with Crippen LogP contribution in [0.25, 0.3) is 16.6 Å². The van der Waals surface area contributed by atoms with Crippen molar-refractivity contribution in [1.29, 1.82) is 0 Å². The van der Waals surface area contributed by atoms with Crippen molar-refractivity contribution in [3.8, 4) is 5.69 Å². The minimum absolute atomic E-state index is 0.210. The second kappa shape index (κ2) is 8.16. The summed E-state index contributed by atoms with van der Waals surface area (Å²) in [4.78, 5) is 33.5. The van der Waals surface area contributed by atoms with Crippen LogP contribution in [-0.2, 0) is 17.1 Å². The molecule has 0 bridgehead atoms. The molecule has 0 aliphatic rings. The average molecular weight is 420 g/mol. The Balaban J connectivity index is 1.70. The summed E-state index contributed by atoms with van der Waals surface area (Å²) < 4.78 is 3.36. The Morgan fingerprint density at radius 3 is 2.73 bits per heavy atom. The number of nitrogens with zero attached hydrogens (tertiary/aromatic N) is 4. The van der Waals surface area contributed by atoms with Gasteiger partial charge in [-0.1, -0.05) is 41.6 Å². The highest BCUT2D eigenvalue weighted by atomic mass is 32.2. The van der Waals surface area contributed by atoms with E-state index in [1.807, 2.05) is 16.8 Å². The van der Waals surface area contributed by atoms with Crippen LogP contribution in [0.2, 0.25) is 0 Å². The number of aryl methyl sites for hydroxylation is 2. The molecule has 4 rings (SSSR count). The van der Waals surface area contributed by atoms with Crippen molar-refractivity contribution >= 4 is 28.6 Å². The number of thioether (sulfide) groups is 1. The summed E-state index contributed by atoms with van der Waals surface area (Å²) in [5, 5.41) is 1.24. The number of rotatable bonds is 6. The monoisotopic (exact) mass is 419 g/mol. The molecule has 2 N–H and O–H groups in total. The molecule has 0 saturated carbocycles. The van der Waals surface area contributed by atoms with Gasteiger partial charge in [-0.25, -0.2) is 9.97 Å². The zero-order valence-electron chi connectivity index (χ0n) is 16.7. The quantitative estimate of drug-likeness (QED) is 0.485. The molecule has 4 aromatic rings. The Kier molecular flexibility index (Phi) is 5.41. The van der Waals surface area contributed by atoms with Crippen molar-refractivity contribution in [2.24, 2.45) is 5.73 Å². The molecule has 8 heteroatoms. The third-order valence-corrected chi connectivity index (χ3v) is 5.77. The highest BCUT2D eigenvalue weighted by Crippen LogP contribution is 2.26. The van der Waals surface area contributed by atoms with Gasteiger partial charge in [0.25, 0.3) is 5.56 Å². The maximum Gasteiger partial charge on any atom is 0.261 e. The van der Waals surface area contributed by atoms with Crippen LogP contribution in [-0.4, -0.2) is 25.0 Å². The van der Waals surface area contributed by atoms with Crippen LogP contribution < -0.4 is 11.3 Å². The zero-order valence-corrected chi connectivity index (χ0v) is 17.5. The van der Waals surface area contributed by atoms with Gasteiger partial charge in [-0.05, 0) is 37.6 Å². The minimum Gasteiger partial charge on any atom is -0.368 e. The third kappa shape index (κ3) is 3.86. The zero-order chi connectivity index (χ0) is 21.3. The van der Waals surface area contributed by atoms with Gasteiger partial charge in [0.15, 0.2) is 5.16 Å². The number of nitrogens with two attached hydrogens (primary N) is 1. The highest BCUT2D eigenvalue weighted by molar-refractivity contribution is 7.98. The van der Waals surface area contributed by atoms with E-state index in [1.165, 1.54) is 21.9 Å². The topological polar surface area (TPSA) is 95.8 Å². The number of imidazole rings is 1. The normalized spacial score (nSPS) is 11.1. The molecule has 1 amide bonds. The molecule has 2 aromatic heterocycles. The second-order valence-corrected chi connectivity index (χ2v) is 8.00. The molecular formula is C22H21N5O2S. The molecule has 2 heterocycles. The maximum atomic E-state index is 12.9. The molecule has 30 heavy (non-hydrogen) atoms. The number of hydrogen-bond acceptors (Lipinski definition) is 5. The Labute approximate surface area is 177 Å². The minimum atomic E-state index is -0.586. The van der Waals surface area contributed by atoms with E-state index in [4.69, 9.17) is 5.73 Å². The highest BCUT2D eigenvalue weighted by Gasteiger charge is 2.15. The van der Waals surface area contributed by atoms with Crippen molar-refractivity contribution in [2.75, 3.05) is 0 Å². The van der Waals surface area contributed by atoms with Crippen LogP contribution >= 0.6 is 11.8 Å². The summed E-state index contributed by atoms with van der Waals surface area (Å²) in [6, 6.07) is 13.3. The third-order valence-electron chi connectivity index (χ3n) is 4.80. The van der Waals surface area contributed by atoms with Gasteiger partial charge in [-0.3, -0.25) is 18.7 Å². The fraction of sp³-hybridized carbons (Fsp3) is 0.182. The average Bonchev–Trinajstić information content (AvgIpc) is 3.17. The van der Waals surface area contributed by atoms with Gasteiger partial charge in [-0.2, -0.15) is 0 Å². The summed E-state index contributed by atoms with van der Waals surface area (Å²) in [7, 11) is 0. The SMILES string of the molecule is Cc1ccc(-n2ccnc2SCc2nc3ccccc3c(=O)n2CC(N)=O)c(C)c1. The molecule has 2 aromatic carbocycles. The van der Waals surface area contributed by atoms with Crippen molar-refractivity contribution in [3.05, 3.63) is 82.2 Å². The molecule has 152 valence electrons. The number of carbonyl (C=O) groups is 1. The van der Waals surface area contributed by atoms with Gasteiger partial charge < -0.3 is 5.73 Å². The number of amides is 1. The lowest BCUT2D eigenvalue weighted by molar-refractivity contribution is -0.118. The molecule has 0 aliphatic carbocycles. The Bertz CT molecular complexity index is 1310. The molecule has 0 saturated heterocycles. The van der Waals surface area contributed by atoms with E-state index in [2.05, 4.69) is 42.0 Å². The first-order valence-electron chi connectivity index (χ1n) is 9.44. The van der Waals surface area contributed by atoms with Crippen LogP contribution in [0.4, 0.5) is 0 Å². The number of fused-ring (bicyclic) bond motifs is 1. The van der Waals surface area contributed by atoms with E-state index in [9.17, 15) is 9.59 Å². The molecule has 7 nitrogen and oxygen atoms in total. The largest absolute Gasteiger partial charge is 0.368 e. The lowest BCUT2D eigenvalue weighted by atomic mass is 10.1. The van der Waals surface area contributed by atoms with Gasteiger partial charge in [0.1, 0.15) is 12.4 Å². The Morgan fingerprint density at radius 2 is 1.97 bits per heavy atom. The molecule has 0 aliphatic heterocycles. The number of carbonyl (C=O) groups excluding carboxylic acids is 1. The first kappa shape index (κ1) is 19.9. The summed E-state index contributed by atoms with van der Waals surface area (Å²) in [6.45, 7) is 3.91. The van der Waals surface area contributed by atoms with Crippen LogP contribution in [0, 0.1) is 13.8 Å². The predicted octanol–water partition coefficient (Wildman–Crippen LogP) is 2.98. The van der Waals surface area contributed by atoms with Crippen LogP contribution in [0.3, 0.4) is 0 Å². The number of hydrogen-bond donors (Lipinski definition) is 1. The van der Waals surface area contributed by atoms with Gasteiger partial charge in [-0.15, -0.1) is 0 Å². The van der Waals surface area contributed by atoms with Crippen LogP contribution in [0.15, 0.2) is 64.8 Å². The predicted molar refractivity (Wildman–Crippen MR) is 118 cm³/mol. The number of primary amides is 1. The van der Waals surface area contributed by atoms with Gasteiger partial charge >= 0.3 is 0 Å². The Hall–Kier alpha value is -3.39. The number of aromatic nitrogens is 4. The molecule has 0 fully saturated rings. The van der Waals surface area contributed by atoms with Crippen molar-refractivity contribution < 1.29 is 4.79 Å². The van der Waals surface area contributed by atoms with E-state index in [0.717, 1.165) is 16.4 Å². The smallest absolute Gasteiger partial charge is 0.261 e. The molecule has 0 radical (unpaired) electrons. The molecule has 0 atom stereocenters. The first-order valence-corrected chi connectivity index (χ1v) is 10.4. The molecule has 0 unspecified atom stereocenters. The van der Waals surface area contributed by atoms with E-state index >= 15 is 0 Å². The summed E-state index contributed by atoms with van der Waals surface area (Å²) in [5.41, 5.74) is 9.08. The van der Waals surface area contributed by atoms with Crippen molar-refractivity contribution in [1.82, 2.24) is 19.1 Å². The van der Waals surface area contributed by atoms with E-state index in [-0.39, 0.29) is 12.1 Å². The van der Waals surface area contributed by atoms with Crippen molar-refractivity contribution in [3.63, 3.8) is 0 Å². The molecule has 0 spiro atoms. The lowest BCUT2D eigenvalue weighted by Gasteiger charge is -2.13. The molecular weight excluding hydrogens is 398 g/mol. The fourth-order valence-electron chi connectivity index (χ4n) is 3.43. The van der Waals surface area contributed by atoms with Gasteiger partial charge in [0, 0.05) is 12.4 Å². The second-order valence-electron chi connectivity index (χ2n) is 7.06. The first-order chi connectivity index (χ1) is 14.4. The summed E-state index contributed by atoms with van der Waals surface area (Å²) in [5.74, 6) is 0.268. The standard InChI is InChI=1S/C22H21N5O2S/c1-14-7-8-18(15(2)11-14)26-10-9-24-22(26)30-13-20-25-17-6-4-3-5-16(17)21(29)27(20)12-19(23)28/h3-11H,12-13H2,1-2H3,(H2,23,28). The van der Waals surface area contributed by atoms with Crippen molar-refractivity contribution in [2.45, 2.75) is 31.3 Å². The van der Waals surface area contributed by atoms with E-state index in [0.29, 0.717) is 22.5 Å². The van der Waals surface area contributed by atoms with E-state index in [1.54, 1.807) is 24.4 Å². The van der Waals surface area contributed by atoms with Crippen LogP contribution in [0.1, 0.15) is 17.0 Å². The lowest BCUT2D eigenvalue weighted by Crippen LogP contribution is -2.31. The summed E-state index contributed by atoms with van der Waals surface area (Å²) in [6.07, 6.45) is 3.65. The fourth-order valence-corrected chi connectivity index (χ4v) is 4.34. The number of para-hydroxylation sites is 1. The van der Waals surface area contributed by atoms with Gasteiger partial charge in [0.2, 0.25) is 5.91 Å².